The fraction of sp³-hybridized carbons (Fsp3) is 0.400. The van der Waals surface area contributed by atoms with Crippen LogP contribution < -0.4 is 0 Å². The molecule has 0 radical (unpaired) electrons. The van der Waals surface area contributed by atoms with Gasteiger partial charge in [0.2, 0.25) is 0 Å². The molecule has 0 saturated carbocycles. The van der Waals surface area contributed by atoms with Gasteiger partial charge in [-0.25, -0.2) is 0 Å². The zero-order valence-electron chi connectivity index (χ0n) is 7.30. The van der Waals surface area contributed by atoms with Crippen molar-refractivity contribution < 1.29 is 0 Å². The van der Waals surface area contributed by atoms with Gasteiger partial charge >= 0.3 is 0 Å². The summed E-state index contributed by atoms with van der Waals surface area (Å²) in [5.41, 5.74) is 2.54. The Hall–Kier alpha value is -0.980. The van der Waals surface area contributed by atoms with Gasteiger partial charge in [-0.3, -0.25) is 0 Å². The molecule has 0 fully saturated rings. The van der Waals surface area contributed by atoms with Gasteiger partial charge in [0.1, 0.15) is 0 Å². The molecule has 1 heteroatoms. The third kappa shape index (κ3) is 1.23. The molecule has 1 heterocycles. The molecule has 0 aromatic rings. The summed E-state index contributed by atoms with van der Waals surface area (Å²) < 4.78 is 0. The molecule has 60 valence electrons. The summed E-state index contributed by atoms with van der Waals surface area (Å²) in [6.07, 6.45) is 4.93. The molecular formula is C10H15N. The lowest BCUT2D eigenvalue weighted by atomic mass is 10.1. The molecule has 1 aliphatic rings. The molecule has 0 aromatic carbocycles. The first kappa shape index (κ1) is 8.12. The van der Waals surface area contributed by atoms with Crippen molar-refractivity contribution in [2.45, 2.75) is 19.4 Å². The van der Waals surface area contributed by atoms with Crippen LogP contribution in [0.3, 0.4) is 0 Å². The van der Waals surface area contributed by atoms with Crippen LogP contribution in [0.4, 0.5) is 0 Å². The Morgan fingerprint density at radius 1 is 1.45 bits per heavy atom. The highest BCUT2D eigenvalue weighted by Crippen LogP contribution is 2.27. The van der Waals surface area contributed by atoms with E-state index in [0.717, 1.165) is 6.42 Å². The van der Waals surface area contributed by atoms with Crippen LogP contribution in [0.5, 0.6) is 0 Å². The fourth-order valence-electron chi connectivity index (χ4n) is 1.49. The minimum absolute atomic E-state index is 0.594. The molecule has 0 saturated heterocycles. The lowest BCUT2D eigenvalue weighted by Gasteiger charge is -2.19. The average molecular weight is 149 g/mol. The maximum atomic E-state index is 3.78. The number of hydrogen-bond donors (Lipinski definition) is 0. The van der Waals surface area contributed by atoms with Gasteiger partial charge in [0, 0.05) is 18.8 Å². The third-order valence-corrected chi connectivity index (χ3v) is 2.33. The van der Waals surface area contributed by atoms with Crippen molar-refractivity contribution in [2.75, 3.05) is 7.05 Å². The van der Waals surface area contributed by atoms with Gasteiger partial charge in [-0.1, -0.05) is 19.2 Å². The van der Waals surface area contributed by atoms with Crippen molar-refractivity contribution in [1.82, 2.24) is 4.90 Å². The van der Waals surface area contributed by atoms with Gasteiger partial charge in [0.05, 0.1) is 0 Å². The fourth-order valence-corrected chi connectivity index (χ4v) is 1.49. The van der Waals surface area contributed by atoms with Gasteiger partial charge in [0.25, 0.3) is 0 Å². The van der Waals surface area contributed by atoms with Crippen LogP contribution in [-0.2, 0) is 0 Å². The third-order valence-electron chi connectivity index (χ3n) is 2.33. The van der Waals surface area contributed by atoms with Crippen molar-refractivity contribution in [1.29, 1.82) is 0 Å². The average Bonchev–Trinajstić information content (AvgIpc) is 2.28. The highest BCUT2D eigenvalue weighted by molar-refractivity contribution is 5.35. The molecule has 0 bridgehead atoms. The number of rotatable bonds is 2. The van der Waals surface area contributed by atoms with E-state index in [1.165, 1.54) is 11.3 Å². The van der Waals surface area contributed by atoms with Crippen LogP contribution in [0, 0.1) is 0 Å². The summed E-state index contributed by atoms with van der Waals surface area (Å²) in [7, 11) is 2.10. The van der Waals surface area contributed by atoms with E-state index in [-0.39, 0.29) is 0 Å². The lowest BCUT2D eigenvalue weighted by Crippen LogP contribution is -2.21. The van der Waals surface area contributed by atoms with Gasteiger partial charge in [-0.15, -0.1) is 0 Å². The Kier molecular flexibility index (Phi) is 2.18. The topological polar surface area (TPSA) is 3.24 Å². The largest absolute Gasteiger partial charge is 0.371 e. The van der Waals surface area contributed by atoms with E-state index in [9.17, 15) is 0 Å². The monoisotopic (exact) mass is 149 g/mol. The smallest absolute Gasteiger partial charge is 0.0393 e. The van der Waals surface area contributed by atoms with E-state index in [2.05, 4.69) is 32.0 Å². The zero-order valence-corrected chi connectivity index (χ0v) is 7.30. The molecule has 0 aromatic heterocycles. The number of hydrogen-bond acceptors (Lipinski definition) is 1. The Morgan fingerprint density at radius 2 is 2.09 bits per heavy atom. The predicted octanol–water partition coefficient (Wildman–Crippen LogP) is 2.34. The molecule has 1 unspecified atom stereocenters. The summed E-state index contributed by atoms with van der Waals surface area (Å²) >= 11 is 0. The van der Waals surface area contributed by atoms with Crippen molar-refractivity contribution in [3.05, 3.63) is 36.6 Å². The van der Waals surface area contributed by atoms with Crippen molar-refractivity contribution in [2.24, 2.45) is 0 Å². The molecule has 1 nitrogen and oxygen atoms in total. The zero-order chi connectivity index (χ0) is 8.43. The van der Waals surface area contributed by atoms with Crippen molar-refractivity contribution in [3.63, 3.8) is 0 Å². The van der Waals surface area contributed by atoms with E-state index in [4.69, 9.17) is 0 Å². The molecule has 0 N–H and O–H groups in total. The van der Waals surface area contributed by atoms with Crippen LogP contribution in [-0.4, -0.2) is 18.0 Å². The summed E-state index contributed by atoms with van der Waals surface area (Å²) in [6, 6.07) is 0.594. The molecule has 1 rings (SSSR count). The maximum absolute atomic E-state index is 3.78. The summed E-state index contributed by atoms with van der Waals surface area (Å²) in [4.78, 5) is 2.24. The van der Waals surface area contributed by atoms with Crippen LogP contribution in [0.15, 0.2) is 36.6 Å². The van der Waals surface area contributed by atoms with Gasteiger partial charge in [-0.2, -0.15) is 0 Å². The highest BCUT2D eigenvalue weighted by Gasteiger charge is 2.21. The van der Waals surface area contributed by atoms with E-state index in [1.807, 2.05) is 12.2 Å². The second-order valence-corrected chi connectivity index (χ2v) is 2.98. The normalized spacial score (nSPS) is 24.2. The van der Waals surface area contributed by atoms with Crippen molar-refractivity contribution >= 4 is 0 Å². The van der Waals surface area contributed by atoms with E-state index >= 15 is 0 Å². The minimum atomic E-state index is 0.594. The Labute approximate surface area is 68.7 Å². The predicted molar refractivity (Wildman–Crippen MR) is 49.3 cm³/mol. The van der Waals surface area contributed by atoms with Crippen molar-refractivity contribution in [3.8, 4) is 0 Å². The minimum Gasteiger partial charge on any atom is -0.371 e. The van der Waals surface area contributed by atoms with E-state index < -0.39 is 0 Å². The van der Waals surface area contributed by atoms with Crippen LogP contribution in [0.2, 0.25) is 0 Å². The molecule has 11 heavy (non-hydrogen) atoms. The Bertz CT molecular complexity index is 213. The maximum Gasteiger partial charge on any atom is 0.0393 e. The highest BCUT2D eigenvalue weighted by atomic mass is 15.1. The molecule has 0 spiro atoms. The molecule has 0 aliphatic carbocycles. The summed E-state index contributed by atoms with van der Waals surface area (Å²) in [5, 5.41) is 0. The van der Waals surface area contributed by atoms with E-state index in [0.29, 0.717) is 6.04 Å². The Morgan fingerprint density at radius 3 is 2.45 bits per heavy atom. The summed E-state index contributed by atoms with van der Waals surface area (Å²) in [5.74, 6) is 0. The van der Waals surface area contributed by atoms with Crippen LogP contribution in [0.1, 0.15) is 13.3 Å². The van der Waals surface area contributed by atoms with Crippen LogP contribution in [0.25, 0.3) is 0 Å². The summed E-state index contributed by atoms with van der Waals surface area (Å²) in [6.45, 7) is 9.76. The van der Waals surface area contributed by atoms with Crippen LogP contribution >= 0.6 is 0 Å². The molecule has 1 aliphatic heterocycles. The number of allylic oxidation sites excluding steroid dienone is 2. The van der Waals surface area contributed by atoms with Gasteiger partial charge < -0.3 is 4.90 Å². The second kappa shape index (κ2) is 2.95. The molecular weight excluding hydrogens is 134 g/mol. The number of nitrogens with zero attached hydrogens (tertiary/aromatic N) is 1. The van der Waals surface area contributed by atoms with E-state index in [1.54, 1.807) is 0 Å². The standard InChI is InChI=1S/C10H15N/c1-5-9-7-8(3)11(4)10(9)6-2/h5-6,8H,1-2,7H2,3-4H3. The van der Waals surface area contributed by atoms with Gasteiger partial charge in [0.15, 0.2) is 0 Å². The van der Waals surface area contributed by atoms with Gasteiger partial charge in [-0.05, 0) is 25.0 Å². The Balaban J connectivity index is 2.94. The first-order valence-corrected chi connectivity index (χ1v) is 3.91. The lowest BCUT2D eigenvalue weighted by molar-refractivity contribution is 0.365. The second-order valence-electron chi connectivity index (χ2n) is 2.98. The quantitative estimate of drug-likeness (QED) is 0.582. The molecule has 0 amide bonds. The first-order valence-electron chi connectivity index (χ1n) is 3.91. The number of likely N-dealkylation sites (N-methyl/N-ethyl adjacent to an activating group) is 1. The SMILES string of the molecule is C=CC1=C(C=C)N(C)C(C)C1. The molecule has 1 atom stereocenters. The first-order chi connectivity index (χ1) is 5.20.